The summed E-state index contributed by atoms with van der Waals surface area (Å²) in [5.41, 5.74) is 3.29. The van der Waals surface area contributed by atoms with E-state index in [0.717, 1.165) is 43.8 Å². The number of carbonyl (C=O) groups is 1. The summed E-state index contributed by atoms with van der Waals surface area (Å²) in [6, 6.07) is 4.11. The Morgan fingerprint density at radius 1 is 1.33 bits per heavy atom. The number of nitrogens with zero attached hydrogens (tertiary/aromatic N) is 3. The summed E-state index contributed by atoms with van der Waals surface area (Å²) >= 11 is 0. The van der Waals surface area contributed by atoms with Crippen LogP contribution in [0.5, 0.6) is 0 Å². The van der Waals surface area contributed by atoms with Crippen LogP contribution in [0.25, 0.3) is 5.65 Å². The number of piperidine rings is 1. The van der Waals surface area contributed by atoms with Crippen molar-refractivity contribution in [1.29, 1.82) is 0 Å². The zero-order chi connectivity index (χ0) is 14.8. The van der Waals surface area contributed by atoms with E-state index in [1.165, 1.54) is 5.56 Å². The molecule has 5 nitrogen and oxygen atoms in total. The molecule has 0 saturated carbocycles. The highest BCUT2D eigenvalue weighted by molar-refractivity contribution is 5.67. The van der Waals surface area contributed by atoms with Crippen molar-refractivity contribution in [2.24, 2.45) is 5.92 Å². The Labute approximate surface area is 124 Å². The molecule has 3 rings (SSSR count). The fraction of sp³-hybridized carbons (Fsp3) is 0.500. The van der Waals surface area contributed by atoms with Crippen molar-refractivity contribution in [3.63, 3.8) is 0 Å². The molecule has 0 aliphatic carbocycles. The van der Waals surface area contributed by atoms with Gasteiger partial charge in [0.05, 0.1) is 5.69 Å². The lowest BCUT2D eigenvalue weighted by atomic mass is 9.93. The van der Waals surface area contributed by atoms with Crippen LogP contribution in [0, 0.1) is 12.8 Å². The lowest BCUT2D eigenvalue weighted by Crippen LogP contribution is -2.34. The summed E-state index contributed by atoms with van der Waals surface area (Å²) in [7, 11) is 0. The second-order valence-corrected chi connectivity index (χ2v) is 6.02. The Balaban J connectivity index is 1.60. The predicted octanol–water partition coefficient (Wildman–Crippen LogP) is 2.33. The van der Waals surface area contributed by atoms with Gasteiger partial charge in [-0.1, -0.05) is 6.07 Å². The Bertz CT molecular complexity index is 642. The van der Waals surface area contributed by atoms with Crippen molar-refractivity contribution in [3.05, 3.63) is 35.8 Å². The van der Waals surface area contributed by atoms with Crippen LogP contribution in [-0.2, 0) is 11.3 Å². The average Bonchev–Trinajstić information content (AvgIpc) is 2.82. The molecule has 1 N–H and O–H groups in total. The normalized spacial score (nSPS) is 17.4. The smallest absolute Gasteiger partial charge is 0.303 e. The van der Waals surface area contributed by atoms with Crippen LogP contribution in [0.3, 0.4) is 0 Å². The van der Waals surface area contributed by atoms with E-state index in [2.05, 4.69) is 39.7 Å². The van der Waals surface area contributed by atoms with Gasteiger partial charge in [0.15, 0.2) is 0 Å². The summed E-state index contributed by atoms with van der Waals surface area (Å²) in [5, 5.41) is 8.84. The van der Waals surface area contributed by atoms with Gasteiger partial charge in [-0.05, 0) is 50.4 Å². The molecular formula is C16H21N3O2. The molecule has 1 aliphatic rings. The molecule has 3 heterocycles. The van der Waals surface area contributed by atoms with E-state index in [0.29, 0.717) is 12.3 Å². The number of hydrogen-bond acceptors (Lipinski definition) is 3. The van der Waals surface area contributed by atoms with E-state index in [4.69, 9.17) is 5.11 Å². The van der Waals surface area contributed by atoms with Crippen molar-refractivity contribution >= 4 is 11.6 Å². The Kier molecular flexibility index (Phi) is 3.92. The molecule has 0 unspecified atom stereocenters. The number of aromatic nitrogens is 2. The minimum atomic E-state index is -0.677. The van der Waals surface area contributed by atoms with Crippen molar-refractivity contribution in [2.45, 2.75) is 32.7 Å². The number of rotatable bonds is 4. The molecule has 112 valence electrons. The lowest BCUT2D eigenvalue weighted by Gasteiger charge is -2.30. The maximum atomic E-state index is 10.7. The highest BCUT2D eigenvalue weighted by Gasteiger charge is 2.21. The van der Waals surface area contributed by atoms with Crippen LogP contribution >= 0.6 is 0 Å². The van der Waals surface area contributed by atoms with Gasteiger partial charge in [0.1, 0.15) is 5.65 Å². The van der Waals surface area contributed by atoms with Crippen LogP contribution < -0.4 is 0 Å². The molecule has 0 atom stereocenters. The van der Waals surface area contributed by atoms with Crippen molar-refractivity contribution in [2.75, 3.05) is 13.1 Å². The molecule has 2 aromatic rings. The van der Waals surface area contributed by atoms with Crippen molar-refractivity contribution in [1.82, 2.24) is 14.3 Å². The molecule has 1 saturated heterocycles. The number of likely N-dealkylation sites (tertiary alicyclic amines) is 1. The molecule has 0 radical (unpaired) electrons. The monoisotopic (exact) mass is 287 g/mol. The third-order valence-electron chi connectivity index (χ3n) is 4.20. The quantitative estimate of drug-likeness (QED) is 0.937. The number of aryl methyl sites for hydroxylation is 1. The number of aliphatic carboxylic acids is 1. The fourth-order valence-electron chi connectivity index (χ4n) is 3.06. The van der Waals surface area contributed by atoms with Gasteiger partial charge in [-0.2, -0.15) is 0 Å². The largest absolute Gasteiger partial charge is 0.481 e. The SMILES string of the molecule is Cc1ccc2nc(CN3CCC(CC(=O)O)CC3)cn2c1. The van der Waals surface area contributed by atoms with Crippen LogP contribution in [0.2, 0.25) is 0 Å². The first-order valence-electron chi connectivity index (χ1n) is 7.48. The molecule has 1 aliphatic heterocycles. The number of carboxylic acid groups (broad SMARTS) is 1. The Morgan fingerprint density at radius 2 is 2.10 bits per heavy atom. The number of imidazole rings is 1. The van der Waals surface area contributed by atoms with E-state index >= 15 is 0 Å². The minimum absolute atomic E-state index is 0.307. The average molecular weight is 287 g/mol. The lowest BCUT2D eigenvalue weighted by molar-refractivity contribution is -0.138. The van der Waals surface area contributed by atoms with Crippen molar-refractivity contribution < 1.29 is 9.90 Å². The Hall–Kier alpha value is -1.88. The van der Waals surface area contributed by atoms with E-state index in [1.807, 2.05) is 6.07 Å². The van der Waals surface area contributed by atoms with Gasteiger partial charge >= 0.3 is 5.97 Å². The summed E-state index contributed by atoms with van der Waals surface area (Å²) in [4.78, 5) is 17.8. The minimum Gasteiger partial charge on any atom is -0.481 e. The van der Waals surface area contributed by atoms with Gasteiger partial charge in [0.25, 0.3) is 0 Å². The number of hydrogen-bond donors (Lipinski definition) is 1. The maximum Gasteiger partial charge on any atom is 0.303 e. The van der Waals surface area contributed by atoms with Gasteiger partial charge in [-0.3, -0.25) is 9.69 Å². The molecule has 0 bridgehead atoms. The zero-order valence-corrected chi connectivity index (χ0v) is 12.3. The number of pyridine rings is 1. The highest BCUT2D eigenvalue weighted by atomic mass is 16.4. The fourth-order valence-corrected chi connectivity index (χ4v) is 3.06. The maximum absolute atomic E-state index is 10.7. The molecule has 0 amide bonds. The number of fused-ring (bicyclic) bond motifs is 1. The van der Waals surface area contributed by atoms with E-state index in [1.54, 1.807) is 0 Å². The van der Waals surface area contributed by atoms with Gasteiger partial charge in [-0.15, -0.1) is 0 Å². The first-order chi connectivity index (χ1) is 10.1. The second-order valence-electron chi connectivity index (χ2n) is 6.02. The van der Waals surface area contributed by atoms with Crippen LogP contribution in [0.1, 0.15) is 30.5 Å². The molecule has 0 spiro atoms. The molecule has 1 fully saturated rings. The van der Waals surface area contributed by atoms with Gasteiger partial charge in [0.2, 0.25) is 0 Å². The predicted molar refractivity (Wildman–Crippen MR) is 80.2 cm³/mol. The first-order valence-corrected chi connectivity index (χ1v) is 7.48. The number of carboxylic acids is 1. The molecule has 2 aromatic heterocycles. The second kappa shape index (κ2) is 5.85. The first kappa shape index (κ1) is 14.1. The summed E-state index contributed by atoms with van der Waals surface area (Å²) in [6.07, 6.45) is 6.43. The van der Waals surface area contributed by atoms with Gasteiger partial charge in [0, 0.05) is 25.4 Å². The van der Waals surface area contributed by atoms with Crippen molar-refractivity contribution in [3.8, 4) is 0 Å². The summed E-state index contributed by atoms with van der Waals surface area (Å²) < 4.78 is 2.07. The molecule has 21 heavy (non-hydrogen) atoms. The van der Waals surface area contributed by atoms with E-state index < -0.39 is 5.97 Å². The topological polar surface area (TPSA) is 57.8 Å². The van der Waals surface area contributed by atoms with Gasteiger partial charge < -0.3 is 9.51 Å². The molecule has 0 aromatic carbocycles. The van der Waals surface area contributed by atoms with Crippen LogP contribution in [0.4, 0.5) is 0 Å². The van der Waals surface area contributed by atoms with Crippen LogP contribution in [-0.4, -0.2) is 38.4 Å². The zero-order valence-electron chi connectivity index (χ0n) is 12.3. The third kappa shape index (κ3) is 3.42. The Morgan fingerprint density at radius 3 is 2.81 bits per heavy atom. The molecule has 5 heteroatoms. The summed E-state index contributed by atoms with van der Waals surface area (Å²) in [6.45, 7) is 4.85. The highest BCUT2D eigenvalue weighted by Crippen LogP contribution is 2.21. The standard InChI is InChI=1S/C16H21N3O2/c1-12-2-3-15-17-14(11-19(15)9-12)10-18-6-4-13(5-7-18)8-16(20)21/h2-3,9,11,13H,4-8,10H2,1H3,(H,20,21). The molecular weight excluding hydrogens is 266 g/mol. The van der Waals surface area contributed by atoms with E-state index in [-0.39, 0.29) is 0 Å². The van der Waals surface area contributed by atoms with Crippen LogP contribution in [0.15, 0.2) is 24.5 Å². The van der Waals surface area contributed by atoms with E-state index in [9.17, 15) is 4.79 Å². The van der Waals surface area contributed by atoms with Gasteiger partial charge in [-0.25, -0.2) is 4.98 Å². The third-order valence-corrected chi connectivity index (χ3v) is 4.20. The summed E-state index contributed by atoms with van der Waals surface area (Å²) in [5.74, 6) is -0.341.